The van der Waals surface area contributed by atoms with Crippen LogP contribution >= 0.6 is 0 Å². The number of amides is 1. The van der Waals surface area contributed by atoms with Gasteiger partial charge in [0.25, 0.3) is 0 Å². The van der Waals surface area contributed by atoms with Crippen LogP contribution in [0.2, 0.25) is 0 Å². The van der Waals surface area contributed by atoms with Gasteiger partial charge in [0.15, 0.2) is 0 Å². The van der Waals surface area contributed by atoms with Crippen LogP contribution in [-0.4, -0.2) is 22.6 Å². The summed E-state index contributed by atoms with van der Waals surface area (Å²) >= 11 is 0. The molecule has 0 saturated heterocycles. The zero-order valence-corrected chi connectivity index (χ0v) is 14.3. The van der Waals surface area contributed by atoms with E-state index >= 15 is 0 Å². The van der Waals surface area contributed by atoms with Gasteiger partial charge in [-0.1, -0.05) is 37.3 Å². The number of rotatable bonds is 3. The molecular weight excluding hydrogens is 318 g/mol. The Labute approximate surface area is 145 Å². The number of hydrogen-bond donors (Lipinski definition) is 2. The monoisotopic (exact) mass is 337 g/mol. The number of ketones is 2. The third-order valence-electron chi connectivity index (χ3n) is 4.51. The van der Waals surface area contributed by atoms with Crippen LogP contribution in [0, 0.1) is 13.8 Å². The Hall–Kier alpha value is -2.79. The summed E-state index contributed by atoms with van der Waals surface area (Å²) in [5.41, 5.74) is -0.0642. The number of anilines is 1. The van der Waals surface area contributed by atoms with Gasteiger partial charge >= 0.3 is 0 Å². The standard InChI is InChI=1S/C20H19NO4/c1-4-16(22)21-15-10-11(2)9-12(3)17(15)20(25)18(23)13-7-5-6-8-14(13)19(20)24/h5-10,25H,4H2,1-3H3,(H,21,22). The summed E-state index contributed by atoms with van der Waals surface area (Å²) in [6.07, 6.45) is 0.243. The van der Waals surface area contributed by atoms with E-state index in [1.165, 1.54) is 12.1 Å². The van der Waals surface area contributed by atoms with E-state index in [-0.39, 0.29) is 29.0 Å². The van der Waals surface area contributed by atoms with Gasteiger partial charge in [-0.2, -0.15) is 0 Å². The molecule has 2 aromatic carbocycles. The second-order valence-corrected chi connectivity index (χ2v) is 6.32. The van der Waals surface area contributed by atoms with E-state index in [0.29, 0.717) is 11.3 Å². The summed E-state index contributed by atoms with van der Waals surface area (Å²) in [4.78, 5) is 37.7. The molecule has 0 atom stereocenters. The zero-order valence-electron chi connectivity index (χ0n) is 14.3. The zero-order chi connectivity index (χ0) is 18.4. The molecule has 0 radical (unpaired) electrons. The van der Waals surface area contributed by atoms with Crippen molar-refractivity contribution in [2.24, 2.45) is 0 Å². The summed E-state index contributed by atoms with van der Waals surface area (Å²) in [6.45, 7) is 5.26. The van der Waals surface area contributed by atoms with E-state index in [1.54, 1.807) is 38.1 Å². The molecule has 1 aliphatic carbocycles. The van der Waals surface area contributed by atoms with Gasteiger partial charge in [-0.05, 0) is 31.0 Å². The lowest BCUT2D eigenvalue weighted by atomic mass is 9.83. The van der Waals surface area contributed by atoms with Gasteiger partial charge in [0, 0.05) is 28.8 Å². The molecule has 1 amide bonds. The number of fused-ring (bicyclic) bond motifs is 1. The van der Waals surface area contributed by atoms with Gasteiger partial charge < -0.3 is 10.4 Å². The fraction of sp³-hybridized carbons (Fsp3) is 0.250. The van der Waals surface area contributed by atoms with Crippen molar-refractivity contribution < 1.29 is 19.5 Å². The van der Waals surface area contributed by atoms with Crippen LogP contribution in [0.15, 0.2) is 36.4 Å². The lowest BCUT2D eigenvalue weighted by Gasteiger charge is -2.25. The highest BCUT2D eigenvalue weighted by Gasteiger charge is 2.54. The third kappa shape index (κ3) is 2.48. The molecule has 0 aliphatic heterocycles. The summed E-state index contributed by atoms with van der Waals surface area (Å²) in [5, 5.41) is 13.9. The molecule has 5 heteroatoms. The second-order valence-electron chi connectivity index (χ2n) is 6.32. The molecule has 3 rings (SSSR count). The Morgan fingerprint density at radius 1 is 1.08 bits per heavy atom. The molecule has 0 bridgehead atoms. The van der Waals surface area contributed by atoms with Crippen LogP contribution in [0.25, 0.3) is 0 Å². The molecule has 1 aliphatic rings. The Bertz CT molecular complexity index is 879. The van der Waals surface area contributed by atoms with Crippen molar-refractivity contribution in [1.82, 2.24) is 0 Å². The summed E-state index contributed by atoms with van der Waals surface area (Å²) in [5.74, 6) is -1.58. The fourth-order valence-corrected chi connectivity index (χ4v) is 3.38. The first-order chi connectivity index (χ1) is 11.8. The van der Waals surface area contributed by atoms with E-state index in [4.69, 9.17) is 0 Å². The molecule has 2 N–H and O–H groups in total. The summed E-state index contributed by atoms with van der Waals surface area (Å²) < 4.78 is 0. The number of aliphatic hydroxyl groups is 1. The van der Waals surface area contributed by atoms with E-state index < -0.39 is 17.2 Å². The van der Waals surface area contributed by atoms with Crippen molar-refractivity contribution in [1.29, 1.82) is 0 Å². The number of hydrogen-bond acceptors (Lipinski definition) is 4. The van der Waals surface area contributed by atoms with Crippen molar-refractivity contribution >= 4 is 23.2 Å². The molecule has 0 fully saturated rings. The number of carbonyl (C=O) groups excluding carboxylic acids is 3. The van der Waals surface area contributed by atoms with E-state index in [1.807, 2.05) is 6.92 Å². The fourth-order valence-electron chi connectivity index (χ4n) is 3.38. The first-order valence-electron chi connectivity index (χ1n) is 8.13. The molecule has 0 saturated carbocycles. The molecular formula is C20H19NO4. The summed E-state index contributed by atoms with van der Waals surface area (Å²) in [7, 11) is 0. The smallest absolute Gasteiger partial charge is 0.224 e. The molecule has 25 heavy (non-hydrogen) atoms. The molecule has 128 valence electrons. The van der Waals surface area contributed by atoms with Gasteiger partial charge in [-0.25, -0.2) is 0 Å². The van der Waals surface area contributed by atoms with Crippen molar-refractivity contribution in [2.75, 3.05) is 5.32 Å². The minimum Gasteiger partial charge on any atom is -0.370 e. The lowest BCUT2D eigenvalue weighted by Crippen LogP contribution is -2.39. The maximum atomic E-state index is 12.9. The molecule has 5 nitrogen and oxygen atoms in total. The first kappa shape index (κ1) is 17.0. The van der Waals surface area contributed by atoms with Gasteiger partial charge in [-0.3, -0.25) is 14.4 Å². The first-order valence-corrected chi connectivity index (χ1v) is 8.13. The number of nitrogens with one attached hydrogen (secondary N) is 1. The van der Waals surface area contributed by atoms with E-state index in [0.717, 1.165) is 5.56 Å². The third-order valence-corrected chi connectivity index (χ3v) is 4.51. The van der Waals surface area contributed by atoms with Crippen molar-refractivity contribution in [3.63, 3.8) is 0 Å². The maximum Gasteiger partial charge on any atom is 0.224 e. The van der Waals surface area contributed by atoms with Crippen molar-refractivity contribution in [3.8, 4) is 0 Å². The molecule has 0 unspecified atom stereocenters. The average molecular weight is 337 g/mol. The minimum absolute atomic E-state index is 0.145. The SMILES string of the molecule is CCC(=O)Nc1cc(C)cc(C)c1C1(O)C(=O)c2ccccc2C1=O. The summed E-state index contributed by atoms with van der Waals surface area (Å²) in [6, 6.07) is 9.80. The largest absolute Gasteiger partial charge is 0.370 e. The Kier molecular flexibility index (Phi) is 4.05. The number of aryl methyl sites for hydroxylation is 2. The highest BCUT2D eigenvalue weighted by molar-refractivity contribution is 6.32. The highest BCUT2D eigenvalue weighted by Crippen LogP contribution is 2.42. The molecule has 2 aromatic rings. The van der Waals surface area contributed by atoms with Gasteiger partial charge in [-0.15, -0.1) is 0 Å². The van der Waals surface area contributed by atoms with Crippen LogP contribution in [0.1, 0.15) is 50.8 Å². The Balaban J connectivity index is 2.24. The van der Waals surface area contributed by atoms with Crippen LogP contribution in [-0.2, 0) is 10.4 Å². The van der Waals surface area contributed by atoms with Crippen molar-refractivity contribution in [2.45, 2.75) is 32.8 Å². The Morgan fingerprint density at radius 2 is 1.64 bits per heavy atom. The molecule has 0 heterocycles. The molecule has 0 aromatic heterocycles. The quantitative estimate of drug-likeness (QED) is 0.844. The topological polar surface area (TPSA) is 83.5 Å². The number of Topliss-reactive ketones (excluding diaryl/α,β-unsaturated/α-hetero) is 2. The van der Waals surface area contributed by atoms with Gasteiger partial charge in [0.2, 0.25) is 23.1 Å². The van der Waals surface area contributed by atoms with Gasteiger partial charge in [0.1, 0.15) is 0 Å². The normalized spacial score (nSPS) is 15.2. The number of carbonyl (C=O) groups is 3. The predicted octanol–water partition coefficient (Wildman–Crippen LogP) is 2.92. The molecule has 0 spiro atoms. The van der Waals surface area contributed by atoms with E-state index in [2.05, 4.69) is 5.32 Å². The second kappa shape index (κ2) is 5.93. The maximum absolute atomic E-state index is 12.9. The van der Waals surface area contributed by atoms with Gasteiger partial charge in [0.05, 0.1) is 0 Å². The van der Waals surface area contributed by atoms with Crippen LogP contribution in [0.3, 0.4) is 0 Å². The van der Waals surface area contributed by atoms with Crippen LogP contribution in [0.4, 0.5) is 5.69 Å². The minimum atomic E-state index is -2.32. The van der Waals surface area contributed by atoms with E-state index in [9.17, 15) is 19.5 Å². The number of benzene rings is 2. The van der Waals surface area contributed by atoms with Crippen molar-refractivity contribution in [3.05, 3.63) is 64.2 Å². The predicted molar refractivity (Wildman–Crippen MR) is 93.8 cm³/mol. The Morgan fingerprint density at radius 3 is 2.16 bits per heavy atom. The van der Waals surface area contributed by atoms with Crippen LogP contribution < -0.4 is 5.32 Å². The average Bonchev–Trinajstić information content (AvgIpc) is 2.77. The highest BCUT2D eigenvalue weighted by atomic mass is 16.3. The van der Waals surface area contributed by atoms with Crippen LogP contribution in [0.5, 0.6) is 0 Å². The lowest BCUT2D eigenvalue weighted by molar-refractivity contribution is -0.115.